The highest BCUT2D eigenvalue weighted by Crippen LogP contribution is 2.41. The molecule has 3 aromatic rings. The van der Waals surface area contributed by atoms with E-state index in [-0.39, 0.29) is 5.41 Å². The minimum atomic E-state index is 0.00560. The van der Waals surface area contributed by atoms with Gasteiger partial charge >= 0.3 is 0 Å². The highest BCUT2D eigenvalue weighted by Gasteiger charge is 2.40. The standard InChI is InChI=1S/C50H83N2/c1-4-6-8-10-12-14-16-18-20-22-24-26-28-36-42-51-43-44-52(46-51)49(41-35-27-25-23-21-19-17-15-13-11-9-7-5-2)50(3,48-39-33-30-34-40-48)45-47-37-31-29-32-38-47/h29-34,37-40,43-44,46,49H,4-28,35-36,41-42,45H2,1-3H3/q+1. The van der Waals surface area contributed by atoms with Gasteiger partial charge in [-0.25, -0.2) is 9.13 Å². The first-order valence-corrected chi connectivity index (χ1v) is 22.8. The van der Waals surface area contributed by atoms with Crippen molar-refractivity contribution in [2.45, 2.75) is 225 Å². The summed E-state index contributed by atoms with van der Waals surface area (Å²) in [4.78, 5) is 0. The van der Waals surface area contributed by atoms with E-state index in [1.807, 2.05) is 0 Å². The Hall–Kier alpha value is -2.35. The Balaban J connectivity index is 1.48. The zero-order valence-corrected chi connectivity index (χ0v) is 34.7. The largest absolute Gasteiger partial charge is 0.244 e. The molecule has 0 aliphatic carbocycles. The lowest BCUT2D eigenvalue weighted by Gasteiger charge is -2.37. The summed E-state index contributed by atoms with van der Waals surface area (Å²) in [5, 5.41) is 0. The molecule has 0 aliphatic rings. The van der Waals surface area contributed by atoms with Crippen LogP contribution in [0.2, 0.25) is 0 Å². The molecular weight excluding hydrogens is 629 g/mol. The summed E-state index contributed by atoms with van der Waals surface area (Å²) in [7, 11) is 0. The van der Waals surface area contributed by atoms with Crippen molar-refractivity contribution < 1.29 is 4.57 Å². The fourth-order valence-corrected chi connectivity index (χ4v) is 8.62. The monoisotopic (exact) mass is 712 g/mol. The summed E-state index contributed by atoms with van der Waals surface area (Å²) in [5.74, 6) is 0. The van der Waals surface area contributed by atoms with Gasteiger partial charge in [0.25, 0.3) is 0 Å². The lowest BCUT2D eigenvalue weighted by molar-refractivity contribution is -0.697. The summed E-state index contributed by atoms with van der Waals surface area (Å²) in [6.45, 7) is 8.30. The molecule has 0 fully saturated rings. The van der Waals surface area contributed by atoms with Crippen LogP contribution in [0.15, 0.2) is 79.4 Å². The molecule has 0 bridgehead atoms. The molecule has 1 heterocycles. The maximum atomic E-state index is 2.60. The van der Waals surface area contributed by atoms with Crippen molar-refractivity contribution in [2.24, 2.45) is 0 Å². The van der Waals surface area contributed by atoms with Crippen LogP contribution in [0.3, 0.4) is 0 Å². The van der Waals surface area contributed by atoms with Crippen LogP contribution in [0, 0.1) is 0 Å². The van der Waals surface area contributed by atoms with E-state index in [1.165, 1.54) is 191 Å². The first-order valence-electron chi connectivity index (χ1n) is 22.8. The first kappa shape index (κ1) is 44.0. The van der Waals surface area contributed by atoms with Crippen molar-refractivity contribution in [3.8, 4) is 0 Å². The predicted molar refractivity (Wildman–Crippen MR) is 228 cm³/mol. The van der Waals surface area contributed by atoms with Crippen molar-refractivity contribution in [1.82, 2.24) is 4.57 Å². The molecule has 2 aromatic carbocycles. The number of imidazole rings is 1. The van der Waals surface area contributed by atoms with E-state index in [4.69, 9.17) is 0 Å². The summed E-state index contributed by atoms with van der Waals surface area (Å²) >= 11 is 0. The average molecular weight is 712 g/mol. The second kappa shape index (κ2) is 29.1. The van der Waals surface area contributed by atoms with E-state index >= 15 is 0 Å². The molecule has 292 valence electrons. The number of aryl methyl sites for hydroxylation is 1. The minimum Gasteiger partial charge on any atom is -0.237 e. The van der Waals surface area contributed by atoms with Gasteiger partial charge in [-0.05, 0) is 43.2 Å². The molecule has 1 aromatic heterocycles. The van der Waals surface area contributed by atoms with Gasteiger partial charge in [-0.2, -0.15) is 0 Å². The van der Waals surface area contributed by atoms with Gasteiger partial charge in [0.1, 0.15) is 18.4 Å². The summed E-state index contributed by atoms with van der Waals surface area (Å²) in [5.41, 5.74) is 2.91. The number of hydrogen-bond acceptors (Lipinski definition) is 0. The van der Waals surface area contributed by atoms with Gasteiger partial charge in [0.05, 0.1) is 6.54 Å². The molecule has 0 radical (unpaired) electrons. The molecule has 0 spiro atoms. The van der Waals surface area contributed by atoms with E-state index in [0.29, 0.717) is 6.04 Å². The molecular formula is C50H83N2+. The van der Waals surface area contributed by atoms with Crippen molar-refractivity contribution in [3.63, 3.8) is 0 Å². The fourth-order valence-electron chi connectivity index (χ4n) is 8.62. The van der Waals surface area contributed by atoms with Crippen LogP contribution in [-0.2, 0) is 18.4 Å². The van der Waals surface area contributed by atoms with Crippen LogP contribution in [-0.4, -0.2) is 4.57 Å². The lowest BCUT2D eigenvalue weighted by Crippen LogP contribution is -2.38. The molecule has 3 rings (SSSR count). The van der Waals surface area contributed by atoms with Gasteiger partial charge < -0.3 is 0 Å². The van der Waals surface area contributed by atoms with Crippen molar-refractivity contribution in [1.29, 1.82) is 0 Å². The first-order chi connectivity index (χ1) is 25.7. The normalized spacial score (nSPS) is 13.4. The quantitative estimate of drug-likeness (QED) is 0.0431. The van der Waals surface area contributed by atoms with Gasteiger partial charge in [-0.3, -0.25) is 0 Å². The number of benzene rings is 2. The highest BCUT2D eigenvalue weighted by molar-refractivity contribution is 5.30. The Bertz CT molecular complexity index is 1200. The Morgan fingerprint density at radius 1 is 0.500 bits per heavy atom. The van der Waals surface area contributed by atoms with E-state index in [9.17, 15) is 0 Å². The van der Waals surface area contributed by atoms with E-state index in [0.717, 1.165) is 13.0 Å². The second-order valence-electron chi connectivity index (χ2n) is 16.7. The number of unbranched alkanes of at least 4 members (excludes halogenated alkanes) is 25. The van der Waals surface area contributed by atoms with E-state index in [2.05, 4.69) is 109 Å². The van der Waals surface area contributed by atoms with Gasteiger partial charge in [0.15, 0.2) is 0 Å². The molecule has 0 aliphatic heterocycles. The van der Waals surface area contributed by atoms with Crippen LogP contribution in [0.4, 0.5) is 0 Å². The molecule has 0 saturated carbocycles. The molecule has 0 saturated heterocycles. The number of aromatic nitrogens is 2. The maximum Gasteiger partial charge on any atom is 0.244 e. The third kappa shape index (κ3) is 18.6. The van der Waals surface area contributed by atoms with Crippen LogP contribution in [0.25, 0.3) is 0 Å². The SMILES string of the molecule is CCCCCCCCCCCCCCCC[n+]1ccn(C(CCCCCCCCCCCCCCC)C(C)(Cc2ccccc2)c2ccccc2)c1. The number of hydrogen-bond donors (Lipinski definition) is 0. The highest BCUT2D eigenvalue weighted by atomic mass is 15.1. The average Bonchev–Trinajstić information content (AvgIpc) is 3.64. The summed E-state index contributed by atoms with van der Waals surface area (Å²) in [6, 6.07) is 23.1. The van der Waals surface area contributed by atoms with E-state index in [1.54, 1.807) is 0 Å². The number of nitrogens with zero attached hydrogens (tertiary/aromatic N) is 2. The molecule has 2 heteroatoms. The van der Waals surface area contributed by atoms with Crippen molar-refractivity contribution in [2.75, 3.05) is 0 Å². The topological polar surface area (TPSA) is 8.81 Å². The van der Waals surface area contributed by atoms with Crippen LogP contribution in [0.5, 0.6) is 0 Å². The third-order valence-corrected chi connectivity index (χ3v) is 12.0. The predicted octanol–water partition coefficient (Wildman–Crippen LogP) is 15.5. The van der Waals surface area contributed by atoms with Crippen molar-refractivity contribution in [3.05, 3.63) is 90.5 Å². The molecule has 0 N–H and O–H groups in total. The third-order valence-electron chi connectivity index (χ3n) is 12.0. The second-order valence-corrected chi connectivity index (χ2v) is 16.7. The van der Waals surface area contributed by atoms with Gasteiger partial charge in [0.2, 0.25) is 6.33 Å². The number of rotatable bonds is 34. The molecule has 2 unspecified atom stereocenters. The summed E-state index contributed by atoms with van der Waals surface area (Å²) < 4.78 is 5.07. The maximum absolute atomic E-state index is 2.60. The Labute approximate surface area is 323 Å². The molecule has 0 amide bonds. The van der Waals surface area contributed by atoms with Gasteiger partial charge in [0, 0.05) is 5.41 Å². The molecule has 2 nitrogen and oxygen atoms in total. The van der Waals surface area contributed by atoms with Gasteiger partial charge in [-0.15, -0.1) is 0 Å². The van der Waals surface area contributed by atoms with Crippen LogP contribution >= 0.6 is 0 Å². The zero-order chi connectivity index (χ0) is 36.8. The smallest absolute Gasteiger partial charge is 0.237 e. The Morgan fingerprint density at radius 3 is 1.37 bits per heavy atom. The van der Waals surface area contributed by atoms with Crippen LogP contribution < -0.4 is 4.57 Å². The Morgan fingerprint density at radius 2 is 0.904 bits per heavy atom. The summed E-state index contributed by atoms with van der Waals surface area (Å²) in [6.07, 6.45) is 47.6. The fraction of sp³-hybridized carbons (Fsp3) is 0.700. The zero-order valence-electron chi connectivity index (χ0n) is 34.7. The minimum absolute atomic E-state index is 0.00560. The van der Waals surface area contributed by atoms with Crippen LogP contribution in [0.1, 0.15) is 218 Å². The van der Waals surface area contributed by atoms with E-state index < -0.39 is 0 Å². The molecule has 2 atom stereocenters. The lowest BCUT2D eigenvalue weighted by atomic mass is 9.70. The molecule has 52 heavy (non-hydrogen) atoms. The van der Waals surface area contributed by atoms with Crippen molar-refractivity contribution >= 4 is 0 Å². The van der Waals surface area contributed by atoms with Gasteiger partial charge in [-0.1, -0.05) is 236 Å². The Kier molecular flexibility index (Phi) is 24.6.